The van der Waals surface area contributed by atoms with E-state index in [0.29, 0.717) is 0 Å². The molecule has 1 aliphatic rings. The van der Waals surface area contributed by atoms with Crippen LogP contribution in [0.4, 0.5) is 4.79 Å². The van der Waals surface area contributed by atoms with Gasteiger partial charge in [-0.3, -0.25) is 0 Å². The first-order chi connectivity index (χ1) is 10.8. The summed E-state index contributed by atoms with van der Waals surface area (Å²) >= 11 is 0. The van der Waals surface area contributed by atoms with Crippen molar-refractivity contribution < 1.29 is 9.53 Å². The molecule has 2 N–H and O–H groups in total. The Bertz CT molecular complexity index is 536. The predicted molar refractivity (Wildman–Crippen MR) is 93.5 cm³/mol. The first-order valence-electron chi connectivity index (χ1n) is 8.57. The quantitative estimate of drug-likeness (QED) is 0.879. The lowest BCUT2D eigenvalue weighted by molar-refractivity contribution is 0.0497. The van der Waals surface area contributed by atoms with E-state index in [1.54, 1.807) is 0 Å². The Morgan fingerprint density at radius 3 is 2.52 bits per heavy atom. The van der Waals surface area contributed by atoms with Crippen LogP contribution in [0.1, 0.15) is 64.1 Å². The molecule has 1 aliphatic carbocycles. The van der Waals surface area contributed by atoms with Crippen molar-refractivity contribution in [3.63, 3.8) is 0 Å². The van der Waals surface area contributed by atoms with Crippen LogP contribution in [-0.4, -0.2) is 23.8 Å². The molecule has 3 atom stereocenters. The Morgan fingerprint density at radius 2 is 1.87 bits per heavy atom. The summed E-state index contributed by atoms with van der Waals surface area (Å²) in [4.78, 5) is 12.0. The molecule has 0 saturated heterocycles. The Labute approximate surface area is 140 Å². The molecule has 4 nitrogen and oxygen atoms in total. The van der Waals surface area contributed by atoms with Gasteiger partial charge in [0.2, 0.25) is 0 Å². The van der Waals surface area contributed by atoms with Gasteiger partial charge >= 0.3 is 6.09 Å². The normalized spacial score (nSPS) is 22.7. The van der Waals surface area contributed by atoms with Gasteiger partial charge in [-0.15, -0.1) is 0 Å². The molecule has 23 heavy (non-hydrogen) atoms. The fourth-order valence-corrected chi connectivity index (χ4v) is 3.27. The minimum Gasteiger partial charge on any atom is -0.444 e. The van der Waals surface area contributed by atoms with Gasteiger partial charge in [0.15, 0.2) is 0 Å². The molecular weight excluding hydrogens is 288 g/mol. The van der Waals surface area contributed by atoms with Crippen molar-refractivity contribution in [3.05, 3.63) is 35.4 Å². The van der Waals surface area contributed by atoms with Gasteiger partial charge < -0.3 is 15.4 Å². The predicted octanol–water partition coefficient (Wildman–Crippen LogP) is 4.09. The van der Waals surface area contributed by atoms with Gasteiger partial charge in [0.25, 0.3) is 0 Å². The maximum atomic E-state index is 12.0. The first kappa shape index (κ1) is 17.8. The van der Waals surface area contributed by atoms with Crippen LogP contribution in [-0.2, 0) is 4.74 Å². The molecule has 2 rings (SSSR count). The van der Waals surface area contributed by atoms with Gasteiger partial charge in [-0.2, -0.15) is 0 Å². The van der Waals surface area contributed by atoms with Crippen LogP contribution < -0.4 is 10.6 Å². The zero-order valence-electron chi connectivity index (χ0n) is 15.0. The Hall–Kier alpha value is -1.55. The maximum absolute atomic E-state index is 12.0. The highest BCUT2D eigenvalue weighted by Gasteiger charge is 2.31. The standard InChI is InChI=1S/C19H30N2O2/c1-13-9-6-7-10-15(13)14(2)20-16-11-8-12-17(16)21-18(22)23-19(3,4)5/h6-7,9-10,14,16-17,20H,8,11-12H2,1-5H3,(H,21,22). The van der Waals surface area contributed by atoms with E-state index in [0.717, 1.165) is 19.3 Å². The van der Waals surface area contributed by atoms with E-state index in [2.05, 4.69) is 48.7 Å². The molecule has 1 aromatic rings. The number of hydrogen-bond donors (Lipinski definition) is 2. The van der Waals surface area contributed by atoms with Crippen molar-refractivity contribution in [2.75, 3.05) is 0 Å². The molecule has 1 fully saturated rings. The molecule has 4 heteroatoms. The lowest BCUT2D eigenvalue weighted by Crippen LogP contribution is -2.48. The number of hydrogen-bond acceptors (Lipinski definition) is 3. The van der Waals surface area contributed by atoms with Crippen LogP contribution in [0.2, 0.25) is 0 Å². The number of ether oxygens (including phenoxy) is 1. The minimum atomic E-state index is -0.458. The van der Waals surface area contributed by atoms with Gasteiger partial charge in [-0.25, -0.2) is 4.79 Å². The van der Waals surface area contributed by atoms with Crippen molar-refractivity contribution in [2.24, 2.45) is 0 Å². The van der Waals surface area contributed by atoms with Crippen molar-refractivity contribution in [1.82, 2.24) is 10.6 Å². The van der Waals surface area contributed by atoms with E-state index in [1.807, 2.05) is 20.8 Å². The van der Waals surface area contributed by atoms with Crippen LogP contribution in [0.15, 0.2) is 24.3 Å². The number of amides is 1. The lowest BCUT2D eigenvalue weighted by Gasteiger charge is -2.28. The molecule has 0 aromatic heterocycles. The van der Waals surface area contributed by atoms with E-state index in [4.69, 9.17) is 4.74 Å². The topological polar surface area (TPSA) is 50.4 Å². The third-order valence-corrected chi connectivity index (χ3v) is 4.34. The fourth-order valence-electron chi connectivity index (χ4n) is 3.27. The highest BCUT2D eigenvalue weighted by Crippen LogP contribution is 2.24. The number of alkyl carbamates (subject to hydrolysis) is 1. The second-order valence-electron chi connectivity index (χ2n) is 7.54. The Balaban J connectivity index is 1.94. The molecule has 0 aliphatic heterocycles. The smallest absolute Gasteiger partial charge is 0.407 e. The Morgan fingerprint density at radius 1 is 1.22 bits per heavy atom. The summed E-state index contributed by atoms with van der Waals surface area (Å²) in [6, 6.07) is 9.13. The summed E-state index contributed by atoms with van der Waals surface area (Å²) in [7, 11) is 0. The van der Waals surface area contributed by atoms with Crippen molar-refractivity contribution in [2.45, 2.75) is 77.6 Å². The second kappa shape index (κ2) is 7.35. The van der Waals surface area contributed by atoms with Gasteiger partial charge in [0.1, 0.15) is 5.60 Å². The fraction of sp³-hybridized carbons (Fsp3) is 0.632. The Kier molecular flexibility index (Phi) is 5.69. The number of nitrogens with one attached hydrogen (secondary N) is 2. The second-order valence-corrected chi connectivity index (χ2v) is 7.54. The van der Waals surface area contributed by atoms with Gasteiger partial charge in [-0.05, 0) is 65.0 Å². The average molecular weight is 318 g/mol. The molecule has 128 valence electrons. The maximum Gasteiger partial charge on any atom is 0.407 e. The summed E-state index contributed by atoms with van der Waals surface area (Å²) in [5, 5.41) is 6.72. The van der Waals surface area contributed by atoms with Crippen molar-refractivity contribution in [3.8, 4) is 0 Å². The first-order valence-corrected chi connectivity index (χ1v) is 8.57. The summed E-state index contributed by atoms with van der Waals surface area (Å²) in [6.07, 6.45) is 2.88. The zero-order chi connectivity index (χ0) is 17.0. The van der Waals surface area contributed by atoms with Crippen LogP contribution in [0.5, 0.6) is 0 Å². The molecule has 0 radical (unpaired) electrons. The van der Waals surface area contributed by atoms with E-state index in [-0.39, 0.29) is 24.2 Å². The molecule has 0 bridgehead atoms. The lowest BCUT2D eigenvalue weighted by atomic mass is 10.0. The molecule has 1 saturated carbocycles. The highest BCUT2D eigenvalue weighted by molar-refractivity contribution is 5.68. The van der Waals surface area contributed by atoms with Crippen LogP contribution in [0.25, 0.3) is 0 Å². The molecule has 0 spiro atoms. The monoisotopic (exact) mass is 318 g/mol. The molecule has 3 unspecified atom stereocenters. The number of benzene rings is 1. The number of carbonyl (C=O) groups excluding carboxylic acids is 1. The van der Waals surface area contributed by atoms with E-state index >= 15 is 0 Å². The molecule has 1 amide bonds. The van der Waals surface area contributed by atoms with E-state index < -0.39 is 5.60 Å². The number of aryl methyl sites for hydroxylation is 1. The summed E-state index contributed by atoms with van der Waals surface area (Å²) in [5.41, 5.74) is 2.15. The van der Waals surface area contributed by atoms with Gasteiger partial charge in [-0.1, -0.05) is 24.3 Å². The van der Waals surface area contributed by atoms with Crippen molar-refractivity contribution >= 4 is 6.09 Å². The van der Waals surface area contributed by atoms with Crippen molar-refractivity contribution in [1.29, 1.82) is 0 Å². The summed E-state index contributed by atoms with van der Waals surface area (Å²) in [5.74, 6) is 0. The number of carbonyl (C=O) groups is 1. The minimum absolute atomic E-state index is 0.135. The summed E-state index contributed by atoms with van der Waals surface area (Å²) in [6.45, 7) is 9.98. The van der Waals surface area contributed by atoms with E-state index in [9.17, 15) is 4.79 Å². The average Bonchev–Trinajstić information content (AvgIpc) is 2.84. The summed E-state index contributed by atoms with van der Waals surface area (Å²) < 4.78 is 5.38. The molecule has 0 heterocycles. The molecule has 1 aromatic carbocycles. The number of rotatable bonds is 4. The van der Waals surface area contributed by atoms with Gasteiger partial charge in [0, 0.05) is 18.1 Å². The zero-order valence-corrected chi connectivity index (χ0v) is 15.0. The van der Waals surface area contributed by atoms with E-state index in [1.165, 1.54) is 11.1 Å². The third-order valence-electron chi connectivity index (χ3n) is 4.34. The van der Waals surface area contributed by atoms with Crippen LogP contribution in [0.3, 0.4) is 0 Å². The van der Waals surface area contributed by atoms with Crippen LogP contribution in [0, 0.1) is 6.92 Å². The SMILES string of the molecule is Cc1ccccc1C(C)NC1CCCC1NC(=O)OC(C)(C)C. The van der Waals surface area contributed by atoms with Gasteiger partial charge in [0.05, 0.1) is 0 Å². The largest absolute Gasteiger partial charge is 0.444 e. The highest BCUT2D eigenvalue weighted by atomic mass is 16.6. The third kappa shape index (κ3) is 5.24. The van der Waals surface area contributed by atoms with Crippen LogP contribution >= 0.6 is 0 Å². The molecular formula is C19H30N2O2.